The molecule has 2 unspecified atom stereocenters. The van der Waals surface area contributed by atoms with Crippen molar-refractivity contribution in [2.75, 3.05) is 42.9 Å². The van der Waals surface area contributed by atoms with Crippen LogP contribution >= 0.6 is 0 Å². The zero-order valence-electron chi connectivity index (χ0n) is 14.8. The molecular weight excluding hydrogens is 302 g/mol. The van der Waals surface area contributed by atoms with Crippen molar-refractivity contribution in [1.29, 1.82) is 0 Å². The molecule has 0 spiro atoms. The maximum Gasteiger partial charge on any atom is 0.238 e. The number of nitrogens with zero attached hydrogens (tertiary/aromatic N) is 2. The number of piperidine rings is 1. The minimum Gasteiger partial charge on any atom is -0.373 e. The van der Waals surface area contributed by atoms with Crippen molar-refractivity contribution in [1.82, 2.24) is 4.90 Å². The topological polar surface area (TPSA) is 44.8 Å². The van der Waals surface area contributed by atoms with E-state index < -0.39 is 0 Å². The number of ether oxygens (including phenoxy) is 1. The number of morpholine rings is 1. The maximum atomic E-state index is 12.3. The molecule has 5 heteroatoms. The van der Waals surface area contributed by atoms with E-state index in [1.807, 2.05) is 12.1 Å². The second-order valence-electron chi connectivity index (χ2n) is 7.09. The zero-order valence-corrected chi connectivity index (χ0v) is 14.8. The summed E-state index contributed by atoms with van der Waals surface area (Å²) in [4.78, 5) is 16.9. The number of carbonyl (C=O) groups excluding carboxylic acids is 1. The highest BCUT2D eigenvalue weighted by Crippen LogP contribution is 2.21. The molecule has 2 fully saturated rings. The number of carbonyl (C=O) groups is 1. The summed E-state index contributed by atoms with van der Waals surface area (Å²) >= 11 is 0. The third kappa shape index (κ3) is 4.71. The van der Waals surface area contributed by atoms with E-state index in [2.05, 4.69) is 41.1 Å². The van der Waals surface area contributed by atoms with Gasteiger partial charge in [0.1, 0.15) is 0 Å². The molecule has 5 nitrogen and oxygen atoms in total. The van der Waals surface area contributed by atoms with Crippen LogP contribution in [0.4, 0.5) is 11.4 Å². The SMILES string of the molecule is CC1CN(CC(=O)Nc2ccc(N3CCCCC3)cc2)CC(C)O1. The van der Waals surface area contributed by atoms with Crippen LogP contribution in [0.2, 0.25) is 0 Å². The highest BCUT2D eigenvalue weighted by molar-refractivity contribution is 5.92. The quantitative estimate of drug-likeness (QED) is 0.921. The Hall–Kier alpha value is -1.59. The summed E-state index contributed by atoms with van der Waals surface area (Å²) in [5.74, 6) is 0.0435. The van der Waals surface area contributed by atoms with Crippen molar-refractivity contribution in [2.45, 2.75) is 45.3 Å². The number of hydrogen-bond donors (Lipinski definition) is 1. The zero-order chi connectivity index (χ0) is 16.9. The Morgan fingerprint density at radius 2 is 1.71 bits per heavy atom. The second-order valence-corrected chi connectivity index (χ2v) is 7.09. The Bertz CT molecular complexity index is 530. The minimum absolute atomic E-state index is 0.0435. The molecule has 0 bridgehead atoms. The number of rotatable bonds is 4. The summed E-state index contributed by atoms with van der Waals surface area (Å²) in [5.41, 5.74) is 2.12. The molecule has 24 heavy (non-hydrogen) atoms. The van der Waals surface area contributed by atoms with Gasteiger partial charge in [-0.15, -0.1) is 0 Å². The Morgan fingerprint density at radius 1 is 1.08 bits per heavy atom. The summed E-state index contributed by atoms with van der Waals surface area (Å²) < 4.78 is 5.71. The summed E-state index contributed by atoms with van der Waals surface area (Å²) in [7, 11) is 0. The van der Waals surface area contributed by atoms with Crippen molar-refractivity contribution in [3.05, 3.63) is 24.3 Å². The molecule has 2 saturated heterocycles. The van der Waals surface area contributed by atoms with Gasteiger partial charge in [0, 0.05) is 37.6 Å². The number of benzene rings is 1. The molecular formula is C19H29N3O2. The van der Waals surface area contributed by atoms with Gasteiger partial charge in [0.25, 0.3) is 0 Å². The van der Waals surface area contributed by atoms with Gasteiger partial charge >= 0.3 is 0 Å². The van der Waals surface area contributed by atoms with Gasteiger partial charge in [-0.05, 0) is 57.4 Å². The average Bonchev–Trinajstić information content (AvgIpc) is 2.55. The normalized spacial score (nSPS) is 25.5. The fourth-order valence-electron chi connectivity index (χ4n) is 3.72. The van der Waals surface area contributed by atoms with E-state index >= 15 is 0 Å². The van der Waals surface area contributed by atoms with Gasteiger partial charge in [-0.25, -0.2) is 0 Å². The molecule has 2 aliphatic heterocycles. The molecule has 3 rings (SSSR count). The Morgan fingerprint density at radius 3 is 2.33 bits per heavy atom. The van der Waals surface area contributed by atoms with Gasteiger partial charge in [0.05, 0.1) is 18.8 Å². The van der Waals surface area contributed by atoms with Crippen LogP contribution in [0.5, 0.6) is 0 Å². The van der Waals surface area contributed by atoms with Gasteiger partial charge in [0.15, 0.2) is 0 Å². The molecule has 2 atom stereocenters. The van der Waals surface area contributed by atoms with E-state index in [1.165, 1.54) is 24.9 Å². The van der Waals surface area contributed by atoms with E-state index in [0.29, 0.717) is 6.54 Å². The molecule has 1 aromatic rings. The highest BCUT2D eigenvalue weighted by Gasteiger charge is 2.23. The minimum atomic E-state index is 0.0435. The van der Waals surface area contributed by atoms with E-state index in [0.717, 1.165) is 31.9 Å². The lowest BCUT2D eigenvalue weighted by Crippen LogP contribution is -2.48. The molecule has 2 heterocycles. The molecule has 132 valence electrons. The predicted octanol–water partition coefficient (Wildman–Crippen LogP) is 2.72. The first-order chi connectivity index (χ1) is 11.6. The van der Waals surface area contributed by atoms with Crippen LogP contribution in [0.15, 0.2) is 24.3 Å². The van der Waals surface area contributed by atoms with Crippen LogP contribution in [0.1, 0.15) is 33.1 Å². The molecule has 2 aliphatic rings. The number of amides is 1. The van der Waals surface area contributed by atoms with Crippen LogP contribution in [-0.4, -0.2) is 55.7 Å². The number of anilines is 2. The summed E-state index contributed by atoms with van der Waals surface area (Å²) in [5, 5.41) is 3.01. The molecule has 0 aliphatic carbocycles. The van der Waals surface area contributed by atoms with Crippen LogP contribution in [0.3, 0.4) is 0 Å². The predicted molar refractivity (Wildman–Crippen MR) is 97.6 cm³/mol. The smallest absolute Gasteiger partial charge is 0.238 e. The van der Waals surface area contributed by atoms with Crippen LogP contribution in [0, 0.1) is 0 Å². The van der Waals surface area contributed by atoms with Gasteiger partial charge in [-0.2, -0.15) is 0 Å². The summed E-state index contributed by atoms with van der Waals surface area (Å²) in [6, 6.07) is 8.23. The Labute approximate surface area is 145 Å². The van der Waals surface area contributed by atoms with E-state index in [-0.39, 0.29) is 18.1 Å². The maximum absolute atomic E-state index is 12.3. The van der Waals surface area contributed by atoms with Gasteiger partial charge in [0.2, 0.25) is 5.91 Å². The fraction of sp³-hybridized carbons (Fsp3) is 0.632. The number of hydrogen-bond acceptors (Lipinski definition) is 4. The van der Waals surface area contributed by atoms with Crippen LogP contribution in [0.25, 0.3) is 0 Å². The van der Waals surface area contributed by atoms with Gasteiger partial charge in [-0.3, -0.25) is 9.69 Å². The standard InChI is InChI=1S/C19H29N3O2/c1-15-12-21(13-16(2)24-15)14-19(23)20-17-6-8-18(9-7-17)22-10-4-3-5-11-22/h6-9,15-16H,3-5,10-14H2,1-2H3,(H,20,23). The molecule has 0 saturated carbocycles. The van der Waals surface area contributed by atoms with Crippen molar-refractivity contribution in [3.63, 3.8) is 0 Å². The van der Waals surface area contributed by atoms with Crippen LogP contribution in [-0.2, 0) is 9.53 Å². The summed E-state index contributed by atoms with van der Waals surface area (Å²) in [6.07, 6.45) is 4.25. The molecule has 1 amide bonds. The fourth-order valence-corrected chi connectivity index (χ4v) is 3.72. The van der Waals surface area contributed by atoms with E-state index in [1.54, 1.807) is 0 Å². The third-order valence-electron chi connectivity index (χ3n) is 4.73. The highest BCUT2D eigenvalue weighted by atomic mass is 16.5. The third-order valence-corrected chi connectivity index (χ3v) is 4.73. The van der Waals surface area contributed by atoms with Gasteiger partial charge < -0.3 is 15.0 Å². The lowest BCUT2D eigenvalue weighted by molar-refractivity contribution is -0.121. The Balaban J connectivity index is 1.50. The average molecular weight is 331 g/mol. The van der Waals surface area contributed by atoms with Crippen LogP contribution < -0.4 is 10.2 Å². The molecule has 1 N–H and O–H groups in total. The van der Waals surface area contributed by atoms with Crippen molar-refractivity contribution in [2.24, 2.45) is 0 Å². The molecule has 0 aromatic heterocycles. The molecule has 0 radical (unpaired) electrons. The van der Waals surface area contributed by atoms with Crippen molar-refractivity contribution in [3.8, 4) is 0 Å². The first-order valence-corrected chi connectivity index (χ1v) is 9.13. The lowest BCUT2D eigenvalue weighted by Gasteiger charge is -2.34. The lowest BCUT2D eigenvalue weighted by atomic mass is 10.1. The first kappa shape index (κ1) is 17.2. The van der Waals surface area contributed by atoms with Crippen molar-refractivity contribution >= 4 is 17.3 Å². The van der Waals surface area contributed by atoms with Gasteiger partial charge in [-0.1, -0.05) is 0 Å². The number of nitrogens with one attached hydrogen (secondary N) is 1. The monoisotopic (exact) mass is 331 g/mol. The largest absolute Gasteiger partial charge is 0.373 e. The second kappa shape index (κ2) is 7.99. The van der Waals surface area contributed by atoms with Crippen molar-refractivity contribution < 1.29 is 9.53 Å². The Kier molecular flexibility index (Phi) is 5.74. The van der Waals surface area contributed by atoms with E-state index in [4.69, 9.17) is 4.74 Å². The van der Waals surface area contributed by atoms with E-state index in [9.17, 15) is 4.79 Å². The molecule has 1 aromatic carbocycles. The first-order valence-electron chi connectivity index (χ1n) is 9.13. The summed E-state index contributed by atoms with van der Waals surface area (Å²) in [6.45, 7) is 8.43.